The van der Waals surface area contributed by atoms with E-state index in [9.17, 15) is 10.1 Å². The van der Waals surface area contributed by atoms with E-state index in [1.54, 1.807) is 18.2 Å². The molecule has 0 saturated heterocycles. The van der Waals surface area contributed by atoms with Crippen molar-refractivity contribution in [3.05, 3.63) is 44.6 Å². The number of benzene rings is 1. The first-order valence-corrected chi connectivity index (χ1v) is 6.18. The van der Waals surface area contributed by atoms with E-state index >= 15 is 0 Å². The molecule has 7 nitrogen and oxygen atoms in total. The first-order valence-electron chi connectivity index (χ1n) is 5.42. The van der Waals surface area contributed by atoms with Crippen LogP contribution < -0.4 is 10.6 Å². The monoisotopic (exact) mass is 313 g/mol. The Morgan fingerprint density at radius 3 is 2.65 bits per heavy atom. The summed E-state index contributed by atoms with van der Waals surface area (Å²) in [7, 11) is 1.54. The average molecular weight is 314 g/mol. The van der Waals surface area contributed by atoms with E-state index in [0.29, 0.717) is 15.7 Å². The van der Waals surface area contributed by atoms with Crippen LogP contribution in [0.4, 0.5) is 23.1 Å². The van der Waals surface area contributed by atoms with Crippen LogP contribution in [0.2, 0.25) is 10.0 Å². The lowest BCUT2D eigenvalue weighted by Gasteiger charge is -2.07. The third kappa shape index (κ3) is 3.06. The fraction of sp³-hybridized carbons (Fsp3) is 0.0909. The van der Waals surface area contributed by atoms with Gasteiger partial charge in [-0.25, -0.2) is 4.98 Å². The molecule has 0 bridgehead atoms. The summed E-state index contributed by atoms with van der Waals surface area (Å²) in [5.74, 6) is 0.325. The number of hydrogen-bond acceptors (Lipinski definition) is 6. The maximum absolute atomic E-state index is 10.8. The summed E-state index contributed by atoms with van der Waals surface area (Å²) in [4.78, 5) is 18.1. The number of anilines is 3. The number of aromatic nitrogens is 2. The molecular weight excluding hydrogens is 305 g/mol. The molecule has 20 heavy (non-hydrogen) atoms. The van der Waals surface area contributed by atoms with Gasteiger partial charge in [0.2, 0.25) is 11.8 Å². The Hall–Kier alpha value is -2.12. The minimum Gasteiger partial charge on any atom is -0.367 e. The first-order chi connectivity index (χ1) is 9.51. The predicted molar refractivity (Wildman–Crippen MR) is 78.0 cm³/mol. The van der Waals surface area contributed by atoms with Gasteiger partial charge in [-0.1, -0.05) is 23.2 Å². The van der Waals surface area contributed by atoms with Crippen molar-refractivity contribution in [3.8, 4) is 0 Å². The lowest BCUT2D eigenvalue weighted by Crippen LogP contribution is -2.04. The highest BCUT2D eigenvalue weighted by Crippen LogP contribution is 2.27. The molecule has 2 N–H and O–H groups in total. The molecule has 2 aromatic rings. The van der Waals surface area contributed by atoms with Gasteiger partial charge >= 0.3 is 5.69 Å². The van der Waals surface area contributed by atoms with Gasteiger partial charge < -0.3 is 10.6 Å². The molecule has 0 aliphatic heterocycles. The largest absolute Gasteiger partial charge is 0.367 e. The summed E-state index contributed by atoms with van der Waals surface area (Å²) in [6.07, 6.45) is 1.12. The minimum absolute atomic E-state index is 0.118. The van der Waals surface area contributed by atoms with Gasteiger partial charge in [-0.05, 0) is 18.2 Å². The van der Waals surface area contributed by atoms with E-state index < -0.39 is 4.92 Å². The molecule has 0 radical (unpaired) electrons. The smallest absolute Gasteiger partial charge is 0.329 e. The molecule has 0 fully saturated rings. The van der Waals surface area contributed by atoms with Gasteiger partial charge in [-0.15, -0.1) is 0 Å². The normalized spacial score (nSPS) is 10.2. The Labute approximate surface area is 124 Å². The SMILES string of the molecule is CNc1nc(Nc2ccc(Cl)c(Cl)c2)ncc1[N+](=O)[O-]. The quantitative estimate of drug-likeness (QED) is 0.663. The predicted octanol–water partition coefficient (Wildman–Crippen LogP) is 3.48. The van der Waals surface area contributed by atoms with E-state index in [4.69, 9.17) is 23.2 Å². The molecule has 0 saturated carbocycles. The molecule has 0 atom stereocenters. The Bertz CT molecular complexity index is 665. The third-order valence-corrected chi connectivity index (χ3v) is 3.12. The molecule has 1 aromatic carbocycles. The number of rotatable bonds is 4. The summed E-state index contributed by atoms with van der Waals surface area (Å²) in [5.41, 5.74) is 0.419. The van der Waals surface area contributed by atoms with Gasteiger partial charge in [-0.2, -0.15) is 4.98 Å². The fourth-order valence-corrected chi connectivity index (χ4v) is 1.75. The van der Waals surface area contributed by atoms with E-state index in [-0.39, 0.29) is 17.5 Å². The van der Waals surface area contributed by atoms with Crippen molar-refractivity contribution in [2.75, 3.05) is 17.7 Å². The van der Waals surface area contributed by atoms with E-state index in [1.807, 2.05) is 0 Å². The van der Waals surface area contributed by atoms with Crippen LogP contribution in [0.25, 0.3) is 0 Å². The zero-order chi connectivity index (χ0) is 14.7. The van der Waals surface area contributed by atoms with E-state index in [2.05, 4.69) is 20.6 Å². The van der Waals surface area contributed by atoms with Gasteiger partial charge in [0.15, 0.2) is 0 Å². The molecule has 0 unspecified atom stereocenters. The Morgan fingerprint density at radius 1 is 1.30 bits per heavy atom. The molecule has 1 aromatic heterocycles. The first kappa shape index (κ1) is 14.3. The van der Waals surface area contributed by atoms with Crippen LogP contribution in [0.15, 0.2) is 24.4 Å². The number of nitrogens with zero attached hydrogens (tertiary/aromatic N) is 3. The Kier molecular flexibility index (Phi) is 4.21. The van der Waals surface area contributed by atoms with Gasteiger partial charge in [0.05, 0.1) is 15.0 Å². The molecule has 0 aliphatic rings. The lowest BCUT2D eigenvalue weighted by atomic mass is 10.3. The van der Waals surface area contributed by atoms with Crippen LogP contribution in [-0.4, -0.2) is 21.9 Å². The maximum Gasteiger partial charge on any atom is 0.329 e. The van der Waals surface area contributed by atoms with Gasteiger partial charge in [0, 0.05) is 12.7 Å². The molecule has 0 aliphatic carbocycles. The van der Waals surface area contributed by atoms with Crippen LogP contribution >= 0.6 is 23.2 Å². The van der Waals surface area contributed by atoms with Gasteiger partial charge in [-0.3, -0.25) is 10.1 Å². The number of hydrogen-bond donors (Lipinski definition) is 2. The summed E-state index contributed by atoms with van der Waals surface area (Å²) >= 11 is 11.7. The second kappa shape index (κ2) is 5.89. The standard InChI is InChI=1S/C11H9Cl2N5O2/c1-14-10-9(18(19)20)5-15-11(17-10)16-6-2-3-7(12)8(13)4-6/h2-5H,1H3,(H2,14,15,16,17). The molecule has 2 rings (SSSR count). The van der Waals surface area contributed by atoms with Crippen LogP contribution in [-0.2, 0) is 0 Å². The highest BCUT2D eigenvalue weighted by Gasteiger charge is 2.16. The summed E-state index contributed by atoms with van der Waals surface area (Å²) < 4.78 is 0. The zero-order valence-electron chi connectivity index (χ0n) is 10.2. The molecule has 9 heteroatoms. The van der Waals surface area contributed by atoms with Crippen LogP contribution in [0.5, 0.6) is 0 Å². The van der Waals surface area contributed by atoms with Crippen molar-refractivity contribution in [2.45, 2.75) is 0 Å². The van der Waals surface area contributed by atoms with Crippen molar-refractivity contribution in [1.82, 2.24) is 9.97 Å². The van der Waals surface area contributed by atoms with Crippen molar-refractivity contribution in [3.63, 3.8) is 0 Å². The Morgan fingerprint density at radius 2 is 2.05 bits per heavy atom. The molecule has 0 amide bonds. The summed E-state index contributed by atoms with van der Waals surface area (Å²) in [5, 5.41) is 17.1. The molecule has 0 spiro atoms. The number of halogens is 2. The molecule has 1 heterocycles. The highest BCUT2D eigenvalue weighted by atomic mass is 35.5. The summed E-state index contributed by atoms with van der Waals surface area (Å²) in [6.45, 7) is 0. The summed E-state index contributed by atoms with van der Waals surface area (Å²) in [6, 6.07) is 4.92. The van der Waals surface area contributed by atoms with E-state index in [1.165, 1.54) is 7.05 Å². The van der Waals surface area contributed by atoms with Crippen molar-refractivity contribution in [2.24, 2.45) is 0 Å². The lowest BCUT2D eigenvalue weighted by molar-refractivity contribution is -0.384. The zero-order valence-corrected chi connectivity index (χ0v) is 11.7. The minimum atomic E-state index is -0.561. The number of nitro groups is 1. The second-order valence-corrected chi connectivity index (χ2v) is 4.50. The topological polar surface area (TPSA) is 93.0 Å². The van der Waals surface area contributed by atoms with Crippen LogP contribution in [0.3, 0.4) is 0 Å². The van der Waals surface area contributed by atoms with Gasteiger partial charge in [0.1, 0.15) is 6.20 Å². The van der Waals surface area contributed by atoms with Crippen LogP contribution in [0, 0.1) is 10.1 Å². The second-order valence-electron chi connectivity index (χ2n) is 3.69. The third-order valence-electron chi connectivity index (χ3n) is 2.38. The van der Waals surface area contributed by atoms with Crippen molar-refractivity contribution in [1.29, 1.82) is 0 Å². The number of nitrogens with one attached hydrogen (secondary N) is 2. The van der Waals surface area contributed by atoms with Gasteiger partial charge in [0.25, 0.3) is 0 Å². The van der Waals surface area contributed by atoms with Crippen molar-refractivity contribution >= 4 is 46.3 Å². The maximum atomic E-state index is 10.8. The molecule has 104 valence electrons. The van der Waals surface area contributed by atoms with E-state index in [0.717, 1.165) is 6.20 Å². The van der Waals surface area contributed by atoms with Crippen molar-refractivity contribution < 1.29 is 4.92 Å². The fourth-order valence-electron chi connectivity index (χ4n) is 1.46. The highest BCUT2D eigenvalue weighted by molar-refractivity contribution is 6.42. The molecular formula is C11H9Cl2N5O2. The Balaban J connectivity index is 2.29. The average Bonchev–Trinajstić information content (AvgIpc) is 2.42. The van der Waals surface area contributed by atoms with Crippen LogP contribution in [0.1, 0.15) is 0 Å².